The van der Waals surface area contributed by atoms with Crippen LogP contribution in [0, 0.1) is 0 Å². The van der Waals surface area contributed by atoms with Gasteiger partial charge in [0.25, 0.3) is 0 Å². The van der Waals surface area contributed by atoms with Crippen molar-refractivity contribution in [2.45, 2.75) is 32.9 Å². The zero-order chi connectivity index (χ0) is 15.3. The van der Waals surface area contributed by atoms with E-state index in [4.69, 9.17) is 10.5 Å². The maximum Gasteiger partial charge on any atom is 0.119 e. The third kappa shape index (κ3) is 4.99. The molecule has 0 unspecified atom stereocenters. The first-order valence-electron chi connectivity index (χ1n) is 7.88. The number of piperazine rings is 1. The van der Waals surface area contributed by atoms with Crippen LogP contribution in [0.5, 0.6) is 5.75 Å². The highest BCUT2D eigenvalue weighted by Gasteiger charge is 2.25. The molecular weight excluding hydrogens is 262 g/mol. The Morgan fingerprint density at radius 2 is 1.67 bits per heavy atom. The standard InChI is InChI=1S/C17H29N3O/c1-17(2,3)20-10-8-19(9-11-20)12-13-21-16-6-4-15(14-18)5-7-16/h4-7H,8-14,18H2,1-3H3. The van der Waals surface area contributed by atoms with Crippen molar-refractivity contribution in [3.8, 4) is 5.75 Å². The first-order valence-corrected chi connectivity index (χ1v) is 7.88. The van der Waals surface area contributed by atoms with E-state index in [1.54, 1.807) is 0 Å². The molecule has 2 N–H and O–H groups in total. The molecule has 1 aliphatic heterocycles. The van der Waals surface area contributed by atoms with Gasteiger partial charge in [-0.15, -0.1) is 0 Å². The van der Waals surface area contributed by atoms with Gasteiger partial charge < -0.3 is 10.5 Å². The number of ether oxygens (including phenoxy) is 1. The van der Waals surface area contributed by atoms with Gasteiger partial charge >= 0.3 is 0 Å². The molecule has 21 heavy (non-hydrogen) atoms. The highest BCUT2D eigenvalue weighted by atomic mass is 16.5. The zero-order valence-electron chi connectivity index (χ0n) is 13.6. The molecule has 0 bridgehead atoms. The SMILES string of the molecule is CC(C)(C)N1CCN(CCOc2ccc(CN)cc2)CC1. The molecule has 0 atom stereocenters. The lowest BCUT2D eigenvalue weighted by molar-refractivity contribution is 0.0564. The molecule has 1 fully saturated rings. The summed E-state index contributed by atoms with van der Waals surface area (Å²) in [4.78, 5) is 5.03. The fraction of sp³-hybridized carbons (Fsp3) is 0.647. The summed E-state index contributed by atoms with van der Waals surface area (Å²) >= 11 is 0. The van der Waals surface area contributed by atoms with E-state index in [0.717, 1.165) is 50.6 Å². The van der Waals surface area contributed by atoms with Gasteiger partial charge in [-0.2, -0.15) is 0 Å². The minimum absolute atomic E-state index is 0.285. The summed E-state index contributed by atoms with van der Waals surface area (Å²) in [5.74, 6) is 0.931. The highest BCUT2D eigenvalue weighted by molar-refractivity contribution is 5.27. The molecule has 1 saturated heterocycles. The minimum Gasteiger partial charge on any atom is -0.492 e. The normalized spacial score (nSPS) is 17.9. The molecule has 0 aromatic heterocycles. The molecule has 4 nitrogen and oxygen atoms in total. The molecule has 1 heterocycles. The van der Waals surface area contributed by atoms with Gasteiger partial charge in [-0.1, -0.05) is 12.1 Å². The molecule has 0 amide bonds. The van der Waals surface area contributed by atoms with Crippen molar-refractivity contribution < 1.29 is 4.74 Å². The third-order valence-electron chi connectivity index (χ3n) is 4.16. The molecule has 1 aliphatic rings. The van der Waals surface area contributed by atoms with Gasteiger partial charge in [0.15, 0.2) is 0 Å². The fourth-order valence-corrected chi connectivity index (χ4v) is 2.66. The molecule has 1 aromatic rings. The van der Waals surface area contributed by atoms with Gasteiger partial charge in [0.2, 0.25) is 0 Å². The maximum atomic E-state index is 5.81. The Balaban J connectivity index is 1.68. The van der Waals surface area contributed by atoms with E-state index in [9.17, 15) is 0 Å². The van der Waals surface area contributed by atoms with Gasteiger partial charge in [-0.3, -0.25) is 9.80 Å². The Morgan fingerprint density at radius 1 is 1.05 bits per heavy atom. The zero-order valence-corrected chi connectivity index (χ0v) is 13.6. The van der Waals surface area contributed by atoms with Crippen molar-refractivity contribution in [2.24, 2.45) is 5.73 Å². The second-order valence-corrected chi connectivity index (χ2v) is 6.70. The van der Waals surface area contributed by atoms with Crippen LogP contribution in [-0.2, 0) is 6.54 Å². The summed E-state index contributed by atoms with van der Waals surface area (Å²) in [5, 5.41) is 0. The quantitative estimate of drug-likeness (QED) is 0.900. The minimum atomic E-state index is 0.285. The summed E-state index contributed by atoms with van der Waals surface area (Å²) in [5.41, 5.74) is 7.01. The van der Waals surface area contributed by atoms with Crippen molar-refractivity contribution in [1.29, 1.82) is 0 Å². The molecule has 0 spiro atoms. The average molecular weight is 291 g/mol. The lowest BCUT2D eigenvalue weighted by atomic mass is 10.1. The Bertz CT molecular complexity index is 417. The highest BCUT2D eigenvalue weighted by Crippen LogP contribution is 2.16. The molecule has 2 rings (SSSR count). The first-order chi connectivity index (χ1) is 9.99. The van der Waals surface area contributed by atoms with Gasteiger partial charge in [-0.05, 0) is 38.5 Å². The Labute approximate surface area is 128 Å². The van der Waals surface area contributed by atoms with Crippen molar-refractivity contribution >= 4 is 0 Å². The van der Waals surface area contributed by atoms with Gasteiger partial charge in [-0.25, -0.2) is 0 Å². The van der Waals surface area contributed by atoms with Crippen LogP contribution in [0.3, 0.4) is 0 Å². The molecule has 4 heteroatoms. The lowest BCUT2D eigenvalue weighted by Gasteiger charge is -2.42. The van der Waals surface area contributed by atoms with E-state index < -0.39 is 0 Å². The molecular formula is C17H29N3O. The van der Waals surface area contributed by atoms with Crippen molar-refractivity contribution in [3.63, 3.8) is 0 Å². The van der Waals surface area contributed by atoms with Crippen LogP contribution in [-0.4, -0.2) is 54.7 Å². The lowest BCUT2D eigenvalue weighted by Crippen LogP contribution is -2.53. The predicted molar refractivity (Wildman–Crippen MR) is 87.6 cm³/mol. The maximum absolute atomic E-state index is 5.81. The number of benzene rings is 1. The van der Waals surface area contributed by atoms with E-state index in [-0.39, 0.29) is 5.54 Å². The number of nitrogens with zero attached hydrogens (tertiary/aromatic N) is 2. The average Bonchev–Trinajstić information content (AvgIpc) is 2.47. The Kier molecular flexibility index (Phi) is 5.62. The van der Waals surface area contributed by atoms with Crippen LogP contribution in [0.1, 0.15) is 26.3 Å². The summed E-state index contributed by atoms with van der Waals surface area (Å²) < 4.78 is 5.81. The van der Waals surface area contributed by atoms with Crippen LogP contribution < -0.4 is 10.5 Å². The Hall–Kier alpha value is -1.10. The summed E-state index contributed by atoms with van der Waals surface area (Å²) in [7, 11) is 0. The van der Waals surface area contributed by atoms with Crippen LogP contribution in [0.25, 0.3) is 0 Å². The van der Waals surface area contributed by atoms with Crippen molar-refractivity contribution in [1.82, 2.24) is 9.80 Å². The van der Waals surface area contributed by atoms with E-state index in [1.807, 2.05) is 24.3 Å². The molecule has 1 aromatic carbocycles. The van der Waals surface area contributed by atoms with E-state index in [2.05, 4.69) is 30.6 Å². The van der Waals surface area contributed by atoms with Crippen molar-refractivity contribution in [2.75, 3.05) is 39.3 Å². The van der Waals surface area contributed by atoms with Gasteiger partial charge in [0, 0.05) is 44.8 Å². The summed E-state index contributed by atoms with van der Waals surface area (Å²) in [6.07, 6.45) is 0. The van der Waals surface area contributed by atoms with Gasteiger partial charge in [0.1, 0.15) is 12.4 Å². The van der Waals surface area contributed by atoms with Crippen LogP contribution in [0.2, 0.25) is 0 Å². The van der Waals surface area contributed by atoms with Crippen LogP contribution in [0.15, 0.2) is 24.3 Å². The van der Waals surface area contributed by atoms with Crippen LogP contribution in [0.4, 0.5) is 0 Å². The predicted octanol–water partition coefficient (Wildman–Crippen LogP) is 1.94. The Morgan fingerprint density at radius 3 is 2.19 bits per heavy atom. The molecule has 0 radical (unpaired) electrons. The first kappa shape index (κ1) is 16.3. The third-order valence-corrected chi connectivity index (χ3v) is 4.16. The van der Waals surface area contributed by atoms with E-state index in [0.29, 0.717) is 6.54 Å². The van der Waals surface area contributed by atoms with E-state index in [1.165, 1.54) is 0 Å². The molecule has 0 saturated carbocycles. The summed E-state index contributed by atoms with van der Waals surface area (Å²) in [6, 6.07) is 8.05. The largest absolute Gasteiger partial charge is 0.492 e. The number of hydrogen-bond acceptors (Lipinski definition) is 4. The topological polar surface area (TPSA) is 41.7 Å². The van der Waals surface area contributed by atoms with E-state index >= 15 is 0 Å². The van der Waals surface area contributed by atoms with Crippen LogP contribution >= 0.6 is 0 Å². The number of rotatable bonds is 5. The van der Waals surface area contributed by atoms with Gasteiger partial charge in [0.05, 0.1) is 0 Å². The number of nitrogens with two attached hydrogens (primary N) is 1. The monoisotopic (exact) mass is 291 g/mol. The smallest absolute Gasteiger partial charge is 0.119 e. The summed E-state index contributed by atoms with van der Waals surface area (Å²) in [6.45, 7) is 13.7. The second-order valence-electron chi connectivity index (χ2n) is 6.70. The molecule has 118 valence electrons. The fourth-order valence-electron chi connectivity index (χ4n) is 2.66. The second kappa shape index (κ2) is 7.25. The van der Waals surface area contributed by atoms with Crippen molar-refractivity contribution in [3.05, 3.63) is 29.8 Å². The molecule has 0 aliphatic carbocycles. The number of hydrogen-bond donors (Lipinski definition) is 1.